The molecule has 0 aliphatic heterocycles. The van der Waals surface area contributed by atoms with E-state index in [9.17, 15) is 13.2 Å². The van der Waals surface area contributed by atoms with Gasteiger partial charge in [0.25, 0.3) is 5.56 Å². The van der Waals surface area contributed by atoms with Gasteiger partial charge < -0.3 is 0 Å². The van der Waals surface area contributed by atoms with Gasteiger partial charge in [0.15, 0.2) is 0 Å². The van der Waals surface area contributed by atoms with Crippen LogP contribution < -0.4 is 10.3 Å². The van der Waals surface area contributed by atoms with Gasteiger partial charge in [-0.2, -0.15) is 5.10 Å². The molecule has 1 fully saturated rings. The van der Waals surface area contributed by atoms with Crippen LogP contribution in [-0.4, -0.2) is 33.3 Å². The van der Waals surface area contributed by atoms with Crippen LogP contribution in [-0.2, 0) is 23.6 Å². The number of hydrogen-bond donors (Lipinski definition) is 1. The lowest BCUT2D eigenvalue weighted by Gasteiger charge is -2.14. The van der Waals surface area contributed by atoms with E-state index in [1.54, 1.807) is 14.0 Å². The number of aromatic nitrogens is 4. The molecule has 0 unspecified atom stereocenters. The van der Waals surface area contributed by atoms with E-state index in [0.717, 1.165) is 12.8 Å². The van der Waals surface area contributed by atoms with Crippen LogP contribution in [0.25, 0.3) is 10.9 Å². The van der Waals surface area contributed by atoms with E-state index in [1.165, 1.54) is 29.2 Å². The SMILES string of the molecule is [2H]C([2H])(c1cnn(C)c1)n1c(Cl)nc2c(Br)cc(S(=O)(=O)NC3(C)CC3)cc2c1=O. The van der Waals surface area contributed by atoms with Crippen molar-refractivity contribution in [2.45, 2.75) is 36.7 Å². The molecule has 2 heterocycles. The van der Waals surface area contributed by atoms with Crippen LogP contribution in [0.15, 0.2) is 38.7 Å². The maximum absolute atomic E-state index is 13.2. The Bertz CT molecular complexity index is 1350. The van der Waals surface area contributed by atoms with E-state index in [0.29, 0.717) is 4.57 Å². The summed E-state index contributed by atoms with van der Waals surface area (Å²) in [6.45, 7) is -0.553. The molecule has 1 saturated carbocycles. The predicted molar refractivity (Wildman–Crippen MR) is 109 cm³/mol. The average Bonchev–Trinajstić information content (AvgIpc) is 3.16. The summed E-state index contributed by atoms with van der Waals surface area (Å²) in [7, 11) is -2.27. The first-order chi connectivity index (χ1) is 13.8. The lowest BCUT2D eigenvalue weighted by Crippen LogP contribution is -2.34. The molecule has 0 radical (unpaired) electrons. The molecule has 4 rings (SSSR count). The number of benzene rings is 1. The van der Waals surface area contributed by atoms with Crippen molar-refractivity contribution in [1.82, 2.24) is 24.1 Å². The number of sulfonamides is 1. The molecule has 1 aliphatic rings. The Morgan fingerprint density at radius 1 is 1.43 bits per heavy atom. The fourth-order valence-electron chi connectivity index (χ4n) is 2.73. The molecule has 11 heteroatoms. The summed E-state index contributed by atoms with van der Waals surface area (Å²) in [5.74, 6) is 0. The minimum absolute atomic E-state index is 0.0807. The lowest BCUT2D eigenvalue weighted by atomic mass is 10.2. The normalized spacial score (nSPS) is 17.4. The summed E-state index contributed by atoms with van der Waals surface area (Å²) in [6, 6.07) is 2.54. The molecule has 1 N–H and O–H groups in total. The highest BCUT2D eigenvalue weighted by atomic mass is 79.9. The van der Waals surface area contributed by atoms with Gasteiger partial charge in [-0.1, -0.05) is 0 Å². The van der Waals surface area contributed by atoms with Crippen LogP contribution in [0.1, 0.15) is 28.1 Å². The van der Waals surface area contributed by atoms with Crippen LogP contribution >= 0.6 is 27.5 Å². The highest BCUT2D eigenvalue weighted by molar-refractivity contribution is 9.10. The molecule has 0 bridgehead atoms. The maximum Gasteiger partial charge on any atom is 0.262 e. The van der Waals surface area contributed by atoms with Crippen molar-refractivity contribution in [2.24, 2.45) is 7.05 Å². The largest absolute Gasteiger partial charge is 0.278 e. The van der Waals surface area contributed by atoms with Crippen LogP contribution in [0.5, 0.6) is 0 Å². The fraction of sp³-hybridized carbons (Fsp3) is 0.353. The molecular formula is C17H17BrClN5O3S. The predicted octanol–water partition coefficient (Wildman–Crippen LogP) is 2.43. The molecule has 2 aromatic heterocycles. The Morgan fingerprint density at radius 3 is 2.75 bits per heavy atom. The fourth-order valence-corrected chi connectivity index (χ4v) is 5.15. The second-order valence-corrected chi connectivity index (χ2v) is 9.88. The zero-order valence-electron chi connectivity index (χ0n) is 16.9. The Balaban J connectivity index is 1.94. The van der Waals surface area contributed by atoms with E-state index in [2.05, 4.69) is 30.7 Å². The molecule has 3 aromatic rings. The van der Waals surface area contributed by atoms with E-state index in [-0.39, 0.29) is 31.1 Å². The third-order valence-electron chi connectivity index (χ3n) is 4.50. The number of hydrogen-bond acceptors (Lipinski definition) is 5. The average molecular weight is 489 g/mol. The Hall–Kier alpha value is -1.75. The van der Waals surface area contributed by atoms with E-state index < -0.39 is 27.6 Å². The van der Waals surface area contributed by atoms with Crippen molar-refractivity contribution in [2.75, 3.05) is 0 Å². The first kappa shape index (κ1) is 17.1. The molecule has 1 aromatic carbocycles. The summed E-state index contributed by atoms with van der Waals surface area (Å²) in [4.78, 5) is 17.3. The third-order valence-corrected chi connectivity index (χ3v) is 6.97. The van der Waals surface area contributed by atoms with Gasteiger partial charge in [-0.05, 0) is 59.4 Å². The van der Waals surface area contributed by atoms with E-state index in [4.69, 9.17) is 14.3 Å². The quantitative estimate of drug-likeness (QED) is 0.556. The number of nitrogens with one attached hydrogen (secondary N) is 1. The van der Waals surface area contributed by atoms with E-state index in [1.807, 2.05) is 0 Å². The second kappa shape index (κ2) is 6.65. The van der Waals surface area contributed by atoms with E-state index >= 15 is 0 Å². The van der Waals surface area contributed by atoms with Crippen LogP contribution in [0.4, 0.5) is 0 Å². The lowest BCUT2D eigenvalue weighted by molar-refractivity contribution is 0.558. The van der Waals surface area contributed by atoms with Crippen LogP contribution in [0.3, 0.4) is 0 Å². The Labute approximate surface area is 177 Å². The van der Waals surface area contributed by atoms with Crippen LogP contribution in [0.2, 0.25) is 5.28 Å². The number of rotatable bonds is 5. The Morgan fingerprint density at radius 2 is 2.14 bits per heavy atom. The summed E-state index contributed by atoms with van der Waals surface area (Å²) in [5.41, 5.74) is -1.06. The molecule has 0 atom stereocenters. The molecule has 148 valence electrons. The summed E-state index contributed by atoms with van der Waals surface area (Å²) in [5, 5.41) is 3.48. The van der Waals surface area contributed by atoms with Gasteiger partial charge in [0, 0.05) is 28.8 Å². The van der Waals surface area contributed by atoms with Crippen LogP contribution in [0, 0.1) is 0 Å². The first-order valence-corrected chi connectivity index (χ1v) is 10.9. The summed E-state index contributed by atoms with van der Waals surface area (Å²) < 4.78 is 47.5. The minimum atomic E-state index is -3.89. The maximum atomic E-state index is 13.2. The van der Waals surface area contributed by atoms with Gasteiger partial charge in [0.05, 0.1) is 31.2 Å². The smallest absolute Gasteiger partial charge is 0.262 e. The highest BCUT2D eigenvalue weighted by Gasteiger charge is 2.41. The van der Waals surface area contributed by atoms with Gasteiger partial charge in [0.2, 0.25) is 15.3 Å². The van der Waals surface area contributed by atoms with Crippen molar-refractivity contribution in [3.05, 3.63) is 50.2 Å². The van der Waals surface area contributed by atoms with Gasteiger partial charge in [0.1, 0.15) is 0 Å². The zero-order valence-corrected chi connectivity index (χ0v) is 18.1. The Kier molecular flexibility index (Phi) is 4.07. The number of nitrogens with zero attached hydrogens (tertiary/aromatic N) is 4. The standard InChI is InChI=1S/C17H17BrClN5O3S/c1-17(3-4-17)22-28(26,27)11-5-12-14(13(18)6-11)21-16(19)24(15(12)25)9-10-7-20-23(2)8-10/h5-8,22H,3-4,9H2,1-2H3/i9D2. The number of fused-ring (bicyclic) bond motifs is 1. The third kappa shape index (κ3) is 3.61. The molecule has 0 amide bonds. The van der Waals surface area contributed by atoms with Gasteiger partial charge in [-0.3, -0.25) is 14.0 Å². The first-order valence-electron chi connectivity index (χ1n) is 9.29. The molecular weight excluding hydrogens is 470 g/mol. The molecule has 1 aliphatic carbocycles. The molecule has 28 heavy (non-hydrogen) atoms. The number of aryl methyl sites for hydroxylation is 1. The van der Waals surface area contributed by atoms with Gasteiger partial charge in [-0.15, -0.1) is 0 Å². The van der Waals surface area contributed by atoms with Gasteiger partial charge in [-0.25, -0.2) is 18.1 Å². The summed E-state index contributed by atoms with van der Waals surface area (Å²) >= 11 is 9.44. The van der Waals surface area contributed by atoms with Crippen molar-refractivity contribution in [3.8, 4) is 0 Å². The van der Waals surface area contributed by atoms with Crippen molar-refractivity contribution >= 4 is 48.5 Å². The molecule has 8 nitrogen and oxygen atoms in total. The zero-order chi connectivity index (χ0) is 22.1. The van der Waals surface area contributed by atoms with Crippen molar-refractivity contribution < 1.29 is 11.2 Å². The topological polar surface area (TPSA) is 98.9 Å². The van der Waals surface area contributed by atoms with Crippen molar-refractivity contribution in [1.29, 1.82) is 0 Å². The number of halogens is 2. The molecule has 0 saturated heterocycles. The second-order valence-electron chi connectivity index (χ2n) is 7.00. The molecule has 0 spiro atoms. The summed E-state index contributed by atoms with van der Waals surface area (Å²) in [6.07, 6.45) is 4.17. The minimum Gasteiger partial charge on any atom is -0.278 e. The highest BCUT2D eigenvalue weighted by Crippen LogP contribution is 2.36. The monoisotopic (exact) mass is 487 g/mol. The van der Waals surface area contributed by atoms with Gasteiger partial charge >= 0.3 is 0 Å². The van der Waals surface area contributed by atoms with Crippen molar-refractivity contribution in [3.63, 3.8) is 0 Å².